The Morgan fingerprint density at radius 2 is 1.17 bits per heavy atom. The predicted molar refractivity (Wildman–Crippen MR) is 76.5 cm³/mol. The molecule has 0 atom stereocenters. The summed E-state index contributed by atoms with van der Waals surface area (Å²) < 4.78 is 4.35. The fourth-order valence-electron chi connectivity index (χ4n) is 1.82. The highest BCUT2D eigenvalue weighted by Crippen LogP contribution is 2.18. The molecule has 3 rings (SSSR count). The minimum absolute atomic E-state index is 0.0186. The van der Waals surface area contributed by atoms with E-state index in [0.29, 0.717) is 11.1 Å². The quantitative estimate of drug-likeness (QED) is 0.643. The Morgan fingerprint density at radius 3 is 1.57 bits per heavy atom. The summed E-state index contributed by atoms with van der Waals surface area (Å²) >= 11 is 0. The molecule has 0 saturated carbocycles. The largest absolute Gasteiger partial charge is 0.478 e. The van der Waals surface area contributed by atoms with Crippen molar-refractivity contribution in [1.29, 1.82) is 0 Å². The van der Waals surface area contributed by atoms with Gasteiger partial charge in [0.05, 0.1) is 22.3 Å². The number of hydrogen-bond acceptors (Lipinski definition) is 5. The Balaban J connectivity index is 0.000000167. The lowest BCUT2D eigenvalue weighted by Crippen LogP contribution is -2.01. The van der Waals surface area contributed by atoms with Gasteiger partial charge in [0.2, 0.25) is 0 Å². The number of carbonyl (C=O) groups excluding carboxylic acids is 2. The number of aromatic carboxylic acids is 2. The molecule has 0 spiro atoms. The fraction of sp³-hybridized carbons (Fsp3) is 0. The number of fused-ring (bicyclic) bond motifs is 1. The molecule has 2 N–H and O–H groups in total. The molecule has 0 amide bonds. The van der Waals surface area contributed by atoms with Crippen LogP contribution < -0.4 is 0 Å². The highest BCUT2D eigenvalue weighted by Gasteiger charge is 2.28. The van der Waals surface area contributed by atoms with Gasteiger partial charge in [0.25, 0.3) is 0 Å². The van der Waals surface area contributed by atoms with Crippen molar-refractivity contribution in [2.75, 3.05) is 0 Å². The second kappa shape index (κ2) is 6.52. The number of benzene rings is 2. The van der Waals surface area contributed by atoms with Crippen molar-refractivity contribution in [3.05, 3.63) is 70.8 Å². The topological polar surface area (TPSA) is 118 Å². The molecule has 0 unspecified atom stereocenters. The van der Waals surface area contributed by atoms with Crippen LogP contribution in [0.25, 0.3) is 0 Å². The number of cyclic esters (lactones) is 2. The summed E-state index contributed by atoms with van der Waals surface area (Å²) in [6.07, 6.45) is 0. The average Bonchev–Trinajstić information content (AvgIpc) is 2.83. The minimum atomic E-state index is -1.13. The molecular formula is C16H10O7. The van der Waals surface area contributed by atoms with Crippen molar-refractivity contribution in [3.8, 4) is 0 Å². The zero-order chi connectivity index (χ0) is 17.0. The molecule has 23 heavy (non-hydrogen) atoms. The number of rotatable bonds is 2. The number of carboxylic acids is 2. The second-order valence-electron chi connectivity index (χ2n) is 4.41. The van der Waals surface area contributed by atoms with Crippen molar-refractivity contribution in [2.24, 2.45) is 0 Å². The van der Waals surface area contributed by atoms with Gasteiger partial charge < -0.3 is 14.9 Å². The van der Waals surface area contributed by atoms with Gasteiger partial charge in [-0.05, 0) is 30.3 Å². The first kappa shape index (κ1) is 15.9. The first-order valence-electron chi connectivity index (χ1n) is 6.32. The van der Waals surface area contributed by atoms with Crippen molar-refractivity contribution in [3.63, 3.8) is 0 Å². The monoisotopic (exact) mass is 314 g/mol. The SMILES string of the molecule is O=C(O)c1cccc(C(=O)O)c1.O=C1OC(=O)c2ccccc21. The molecule has 7 heteroatoms. The van der Waals surface area contributed by atoms with Crippen LogP contribution in [-0.4, -0.2) is 34.1 Å². The van der Waals surface area contributed by atoms with Gasteiger partial charge >= 0.3 is 23.9 Å². The maximum atomic E-state index is 10.8. The first-order chi connectivity index (χ1) is 10.9. The van der Waals surface area contributed by atoms with E-state index in [4.69, 9.17) is 10.2 Å². The molecule has 0 saturated heterocycles. The predicted octanol–water partition coefficient (Wildman–Crippen LogP) is 2.08. The van der Waals surface area contributed by atoms with Gasteiger partial charge in [-0.3, -0.25) is 0 Å². The normalized spacial score (nSPS) is 11.8. The molecule has 0 radical (unpaired) electrons. The van der Waals surface area contributed by atoms with Gasteiger partial charge in [-0.25, -0.2) is 19.2 Å². The van der Waals surface area contributed by atoms with E-state index < -0.39 is 23.9 Å². The molecule has 2 aromatic rings. The Morgan fingerprint density at radius 1 is 0.739 bits per heavy atom. The maximum Gasteiger partial charge on any atom is 0.346 e. The maximum absolute atomic E-state index is 10.8. The molecule has 1 aliphatic heterocycles. The van der Waals surface area contributed by atoms with Crippen LogP contribution in [0, 0.1) is 0 Å². The van der Waals surface area contributed by atoms with Crippen LogP contribution in [0.15, 0.2) is 48.5 Å². The van der Waals surface area contributed by atoms with Crippen molar-refractivity contribution >= 4 is 23.9 Å². The van der Waals surface area contributed by atoms with Crippen molar-refractivity contribution < 1.29 is 34.1 Å². The summed E-state index contributed by atoms with van der Waals surface area (Å²) in [6.45, 7) is 0. The zero-order valence-electron chi connectivity index (χ0n) is 11.6. The van der Waals surface area contributed by atoms with E-state index in [1.54, 1.807) is 24.3 Å². The Bertz CT molecular complexity index is 745. The van der Waals surface area contributed by atoms with Gasteiger partial charge in [0.15, 0.2) is 0 Å². The van der Waals surface area contributed by atoms with Gasteiger partial charge in [-0.15, -0.1) is 0 Å². The third-order valence-corrected chi connectivity index (χ3v) is 2.91. The molecule has 2 aromatic carbocycles. The molecule has 7 nitrogen and oxygen atoms in total. The number of carbonyl (C=O) groups is 4. The number of hydrogen-bond donors (Lipinski definition) is 2. The summed E-state index contributed by atoms with van der Waals surface area (Å²) in [5, 5.41) is 17.0. The van der Waals surface area contributed by atoms with Crippen LogP contribution in [0.4, 0.5) is 0 Å². The summed E-state index contributed by atoms with van der Waals surface area (Å²) in [5.74, 6) is -3.35. The number of ether oxygens (including phenoxy) is 1. The lowest BCUT2D eigenvalue weighted by atomic mass is 10.1. The standard InChI is InChI=1S/C8H6O4.C8H4O3/c9-7(10)5-2-1-3-6(4-5)8(11)12;9-7-5-3-1-2-4-6(5)8(10)11-7/h1-4H,(H,9,10)(H,11,12);1-4H. The van der Waals surface area contributed by atoms with Crippen LogP contribution in [0.2, 0.25) is 0 Å². The van der Waals surface area contributed by atoms with Crippen molar-refractivity contribution in [1.82, 2.24) is 0 Å². The zero-order valence-corrected chi connectivity index (χ0v) is 11.6. The second-order valence-corrected chi connectivity index (χ2v) is 4.41. The van der Waals surface area contributed by atoms with E-state index in [1.807, 2.05) is 0 Å². The van der Waals surface area contributed by atoms with Gasteiger partial charge in [-0.1, -0.05) is 18.2 Å². The number of esters is 2. The van der Waals surface area contributed by atoms with Crippen LogP contribution in [0.3, 0.4) is 0 Å². The molecule has 0 fully saturated rings. The highest BCUT2D eigenvalue weighted by molar-refractivity contribution is 6.14. The van der Waals surface area contributed by atoms with Crippen LogP contribution >= 0.6 is 0 Å². The molecule has 1 aliphatic rings. The summed E-state index contributed by atoms with van der Waals surface area (Å²) in [5.41, 5.74) is 0.680. The molecular weight excluding hydrogens is 304 g/mol. The fourth-order valence-corrected chi connectivity index (χ4v) is 1.82. The summed E-state index contributed by atoms with van der Waals surface area (Å²) in [4.78, 5) is 42.4. The Kier molecular flexibility index (Phi) is 4.51. The molecule has 116 valence electrons. The third-order valence-electron chi connectivity index (χ3n) is 2.91. The average molecular weight is 314 g/mol. The van der Waals surface area contributed by atoms with Gasteiger partial charge in [-0.2, -0.15) is 0 Å². The molecule has 1 heterocycles. The third kappa shape index (κ3) is 3.59. The molecule has 0 aliphatic carbocycles. The molecule has 0 aromatic heterocycles. The van der Waals surface area contributed by atoms with E-state index in [-0.39, 0.29) is 11.1 Å². The van der Waals surface area contributed by atoms with E-state index in [1.165, 1.54) is 18.2 Å². The Labute approximate surface area is 129 Å². The van der Waals surface area contributed by atoms with E-state index >= 15 is 0 Å². The lowest BCUT2D eigenvalue weighted by molar-refractivity contribution is 0.0442. The number of carboxylic acid groups (broad SMARTS) is 2. The van der Waals surface area contributed by atoms with E-state index in [2.05, 4.69) is 4.74 Å². The smallest absolute Gasteiger partial charge is 0.346 e. The van der Waals surface area contributed by atoms with Gasteiger partial charge in [0, 0.05) is 0 Å². The summed E-state index contributed by atoms with van der Waals surface area (Å²) in [6, 6.07) is 11.7. The lowest BCUT2D eigenvalue weighted by Gasteiger charge is -1.95. The highest BCUT2D eigenvalue weighted by atomic mass is 16.6. The molecule has 0 bridgehead atoms. The minimum Gasteiger partial charge on any atom is -0.478 e. The van der Waals surface area contributed by atoms with E-state index in [9.17, 15) is 19.2 Å². The first-order valence-corrected chi connectivity index (χ1v) is 6.32. The van der Waals surface area contributed by atoms with Crippen LogP contribution in [0.5, 0.6) is 0 Å². The van der Waals surface area contributed by atoms with Crippen LogP contribution in [0.1, 0.15) is 41.4 Å². The van der Waals surface area contributed by atoms with E-state index in [0.717, 1.165) is 6.07 Å². The summed E-state index contributed by atoms with van der Waals surface area (Å²) in [7, 11) is 0. The van der Waals surface area contributed by atoms with Crippen LogP contribution in [-0.2, 0) is 4.74 Å². The Hall–Kier alpha value is -3.48. The van der Waals surface area contributed by atoms with Crippen molar-refractivity contribution in [2.45, 2.75) is 0 Å². The van der Waals surface area contributed by atoms with Gasteiger partial charge in [0.1, 0.15) is 0 Å².